The van der Waals surface area contributed by atoms with E-state index in [9.17, 15) is 9.59 Å². The number of carbonyl (C=O) groups excluding carboxylic acids is 2. The molecule has 1 heterocycles. The molecule has 0 aliphatic rings. The van der Waals surface area contributed by atoms with E-state index in [1.165, 1.54) is 24.2 Å². The minimum Gasteiger partial charge on any atom is -0.351 e. The van der Waals surface area contributed by atoms with Crippen molar-refractivity contribution in [1.82, 2.24) is 10.3 Å². The van der Waals surface area contributed by atoms with Crippen molar-refractivity contribution in [2.45, 2.75) is 39.0 Å². The van der Waals surface area contributed by atoms with Crippen molar-refractivity contribution >= 4 is 28.3 Å². The van der Waals surface area contributed by atoms with Crippen molar-refractivity contribution < 1.29 is 9.59 Å². The molecule has 24 heavy (non-hydrogen) atoms. The highest BCUT2D eigenvalue weighted by Gasteiger charge is 2.12. The first-order valence-electron chi connectivity index (χ1n) is 8.26. The molecule has 0 radical (unpaired) electrons. The molecule has 0 saturated heterocycles. The zero-order chi connectivity index (χ0) is 17.2. The first-order valence-corrected chi connectivity index (χ1v) is 9.14. The van der Waals surface area contributed by atoms with Gasteiger partial charge in [0.2, 0.25) is 5.91 Å². The summed E-state index contributed by atoms with van der Waals surface area (Å²) in [6.45, 7) is 2.81. The fraction of sp³-hybridized carbons (Fsp3) is 0.389. The van der Waals surface area contributed by atoms with E-state index in [4.69, 9.17) is 0 Å². The van der Waals surface area contributed by atoms with Crippen LogP contribution in [0.3, 0.4) is 0 Å². The molecule has 0 spiro atoms. The van der Waals surface area contributed by atoms with Crippen LogP contribution in [-0.2, 0) is 11.2 Å². The van der Waals surface area contributed by atoms with Crippen LogP contribution in [0.4, 0.5) is 5.13 Å². The third kappa shape index (κ3) is 6.12. The maximum atomic E-state index is 12.0. The van der Waals surface area contributed by atoms with E-state index in [0.717, 1.165) is 18.4 Å². The van der Waals surface area contributed by atoms with Gasteiger partial charge >= 0.3 is 0 Å². The molecule has 1 aromatic carbocycles. The Morgan fingerprint density at radius 2 is 1.92 bits per heavy atom. The van der Waals surface area contributed by atoms with Gasteiger partial charge in [-0.2, -0.15) is 0 Å². The molecule has 2 amide bonds. The number of thiazole rings is 1. The average Bonchev–Trinajstić information content (AvgIpc) is 3.04. The summed E-state index contributed by atoms with van der Waals surface area (Å²) in [7, 11) is 0. The fourth-order valence-electron chi connectivity index (χ4n) is 2.22. The van der Waals surface area contributed by atoms with Gasteiger partial charge in [-0.3, -0.25) is 9.59 Å². The lowest BCUT2D eigenvalue weighted by Crippen LogP contribution is -2.24. The van der Waals surface area contributed by atoms with Crippen LogP contribution in [0.1, 0.15) is 48.7 Å². The molecular formula is C18H23N3O2S. The third-order valence-electron chi connectivity index (χ3n) is 3.51. The lowest BCUT2D eigenvalue weighted by Gasteiger charge is -2.03. The van der Waals surface area contributed by atoms with E-state index in [-0.39, 0.29) is 11.8 Å². The number of hydrogen-bond acceptors (Lipinski definition) is 4. The summed E-state index contributed by atoms with van der Waals surface area (Å²) in [5.41, 5.74) is 1.29. The Morgan fingerprint density at radius 3 is 2.67 bits per heavy atom. The van der Waals surface area contributed by atoms with Gasteiger partial charge in [0, 0.05) is 11.9 Å². The van der Waals surface area contributed by atoms with Crippen molar-refractivity contribution in [2.24, 2.45) is 0 Å². The lowest BCUT2D eigenvalue weighted by molar-refractivity contribution is -0.115. The second-order valence-corrected chi connectivity index (χ2v) is 6.42. The van der Waals surface area contributed by atoms with Crippen molar-refractivity contribution in [3.05, 3.63) is 47.0 Å². The molecule has 1 aromatic heterocycles. The summed E-state index contributed by atoms with van der Waals surface area (Å²) < 4.78 is 0. The summed E-state index contributed by atoms with van der Waals surface area (Å²) in [5, 5.41) is 7.71. The predicted molar refractivity (Wildman–Crippen MR) is 97.4 cm³/mol. The van der Waals surface area contributed by atoms with E-state index in [0.29, 0.717) is 23.8 Å². The maximum absolute atomic E-state index is 12.0. The molecule has 0 bridgehead atoms. The number of nitrogens with one attached hydrogen (secondary N) is 2. The first kappa shape index (κ1) is 18.1. The Morgan fingerprint density at radius 1 is 1.12 bits per heavy atom. The van der Waals surface area contributed by atoms with Crippen LogP contribution in [0.25, 0.3) is 0 Å². The van der Waals surface area contributed by atoms with E-state index in [1.807, 2.05) is 30.3 Å². The van der Waals surface area contributed by atoms with Crippen LogP contribution in [0, 0.1) is 0 Å². The summed E-state index contributed by atoms with van der Waals surface area (Å²) in [5.74, 6) is -0.326. The Balaban J connectivity index is 1.77. The summed E-state index contributed by atoms with van der Waals surface area (Å²) in [6.07, 6.45) is 4.74. The second kappa shape index (κ2) is 9.82. The molecule has 0 aliphatic heterocycles. The van der Waals surface area contributed by atoms with Gasteiger partial charge < -0.3 is 10.6 Å². The SMILES string of the molecule is CCCCCCNC(=O)c1csc(NC(=O)Cc2ccccc2)n1. The highest BCUT2D eigenvalue weighted by molar-refractivity contribution is 7.14. The van der Waals surface area contributed by atoms with Crippen LogP contribution in [0.5, 0.6) is 0 Å². The molecule has 6 heteroatoms. The minimum atomic E-state index is -0.189. The second-order valence-electron chi connectivity index (χ2n) is 5.57. The number of aromatic nitrogens is 1. The number of anilines is 1. The van der Waals surface area contributed by atoms with Gasteiger partial charge in [-0.15, -0.1) is 11.3 Å². The van der Waals surface area contributed by atoms with Gasteiger partial charge in [0.1, 0.15) is 5.69 Å². The van der Waals surface area contributed by atoms with E-state index >= 15 is 0 Å². The summed E-state index contributed by atoms with van der Waals surface area (Å²) >= 11 is 1.26. The topological polar surface area (TPSA) is 71.1 Å². The monoisotopic (exact) mass is 345 g/mol. The van der Waals surface area contributed by atoms with E-state index in [2.05, 4.69) is 22.5 Å². The molecule has 2 N–H and O–H groups in total. The van der Waals surface area contributed by atoms with Crippen molar-refractivity contribution in [3.8, 4) is 0 Å². The molecular weight excluding hydrogens is 322 g/mol. The van der Waals surface area contributed by atoms with Crippen molar-refractivity contribution in [3.63, 3.8) is 0 Å². The number of rotatable bonds is 9. The number of nitrogens with zero attached hydrogens (tertiary/aromatic N) is 1. The average molecular weight is 345 g/mol. The van der Waals surface area contributed by atoms with Gasteiger partial charge in [-0.25, -0.2) is 4.98 Å². The summed E-state index contributed by atoms with van der Waals surface area (Å²) in [6, 6.07) is 9.51. The molecule has 5 nitrogen and oxygen atoms in total. The zero-order valence-electron chi connectivity index (χ0n) is 13.9. The number of amides is 2. The van der Waals surface area contributed by atoms with Gasteiger partial charge in [0.05, 0.1) is 6.42 Å². The third-order valence-corrected chi connectivity index (χ3v) is 4.26. The first-order chi connectivity index (χ1) is 11.7. The van der Waals surface area contributed by atoms with Crippen LogP contribution in [-0.4, -0.2) is 23.3 Å². The van der Waals surface area contributed by atoms with Crippen LogP contribution in [0.2, 0.25) is 0 Å². The fourth-order valence-corrected chi connectivity index (χ4v) is 2.93. The van der Waals surface area contributed by atoms with Gasteiger partial charge in [0.15, 0.2) is 5.13 Å². The Labute approximate surface area is 146 Å². The quantitative estimate of drug-likeness (QED) is 0.682. The van der Waals surface area contributed by atoms with Gasteiger partial charge in [0.25, 0.3) is 5.91 Å². The molecule has 0 atom stereocenters. The molecule has 2 aromatic rings. The highest BCUT2D eigenvalue weighted by atomic mass is 32.1. The molecule has 0 fully saturated rings. The highest BCUT2D eigenvalue weighted by Crippen LogP contribution is 2.16. The molecule has 2 rings (SSSR count). The van der Waals surface area contributed by atoms with Crippen LogP contribution < -0.4 is 10.6 Å². The molecule has 0 aliphatic carbocycles. The minimum absolute atomic E-state index is 0.137. The number of unbranched alkanes of at least 4 members (excludes halogenated alkanes) is 3. The maximum Gasteiger partial charge on any atom is 0.270 e. The smallest absolute Gasteiger partial charge is 0.270 e. The Bertz CT molecular complexity index is 655. The predicted octanol–water partition coefficient (Wildman–Crippen LogP) is 3.63. The largest absolute Gasteiger partial charge is 0.351 e. The van der Waals surface area contributed by atoms with E-state index < -0.39 is 0 Å². The van der Waals surface area contributed by atoms with Crippen molar-refractivity contribution in [2.75, 3.05) is 11.9 Å². The van der Waals surface area contributed by atoms with Crippen molar-refractivity contribution in [1.29, 1.82) is 0 Å². The number of hydrogen-bond donors (Lipinski definition) is 2. The normalized spacial score (nSPS) is 10.4. The Hall–Kier alpha value is -2.21. The number of carbonyl (C=O) groups is 2. The number of benzene rings is 1. The van der Waals surface area contributed by atoms with Crippen LogP contribution in [0.15, 0.2) is 35.7 Å². The van der Waals surface area contributed by atoms with E-state index in [1.54, 1.807) is 5.38 Å². The molecule has 0 unspecified atom stereocenters. The lowest BCUT2D eigenvalue weighted by atomic mass is 10.1. The zero-order valence-corrected chi connectivity index (χ0v) is 14.7. The van der Waals surface area contributed by atoms with Gasteiger partial charge in [-0.1, -0.05) is 56.5 Å². The Kier molecular flexibility index (Phi) is 7.42. The summed E-state index contributed by atoms with van der Waals surface area (Å²) in [4.78, 5) is 28.2. The van der Waals surface area contributed by atoms with Crippen LogP contribution >= 0.6 is 11.3 Å². The molecule has 128 valence electrons. The molecule has 0 saturated carbocycles. The van der Waals surface area contributed by atoms with Gasteiger partial charge in [-0.05, 0) is 12.0 Å². The standard InChI is InChI=1S/C18H23N3O2S/c1-2-3-4-8-11-19-17(23)15-13-24-18(20-15)21-16(22)12-14-9-6-5-7-10-14/h5-7,9-10,13H,2-4,8,11-12H2,1H3,(H,19,23)(H,20,21,22).